The van der Waals surface area contributed by atoms with Crippen molar-refractivity contribution in [3.63, 3.8) is 0 Å². The number of carbonyl (C=O) groups is 1. The summed E-state index contributed by atoms with van der Waals surface area (Å²) in [5.74, 6) is -0.295. The van der Waals surface area contributed by atoms with Crippen molar-refractivity contribution in [2.75, 3.05) is 19.8 Å². The molecule has 1 heterocycles. The van der Waals surface area contributed by atoms with Gasteiger partial charge in [-0.15, -0.1) is 0 Å². The third kappa shape index (κ3) is 4.24. The molecule has 0 bridgehead atoms. The number of hydrogen-bond acceptors (Lipinski definition) is 3. The third-order valence-corrected chi connectivity index (χ3v) is 4.47. The molecule has 25 heavy (non-hydrogen) atoms. The van der Waals surface area contributed by atoms with E-state index >= 15 is 0 Å². The highest BCUT2D eigenvalue weighted by molar-refractivity contribution is 5.78. The zero-order valence-electron chi connectivity index (χ0n) is 13.9. The van der Waals surface area contributed by atoms with Crippen LogP contribution in [0.2, 0.25) is 0 Å². The molecule has 0 aromatic heterocycles. The molecule has 1 saturated heterocycles. The zero-order valence-corrected chi connectivity index (χ0v) is 13.9. The first-order valence-electron chi connectivity index (χ1n) is 8.45. The first-order valence-corrected chi connectivity index (χ1v) is 8.45. The second-order valence-electron chi connectivity index (χ2n) is 6.23. The standard InChI is InChI=1S/C20H22FNO3/c21-17-11-18(13-23)22(12-17)19(24)14-25-20(15-7-3-1-4-8-15)16-9-5-2-6-10-16/h1-10,17-18,20,23H,11-14H2/t17-,18-/m0/s1. The van der Waals surface area contributed by atoms with Crippen molar-refractivity contribution in [1.82, 2.24) is 4.90 Å². The maximum Gasteiger partial charge on any atom is 0.249 e. The highest BCUT2D eigenvalue weighted by atomic mass is 19.1. The molecule has 1 aliphatic heterocycles. The Bertz CT molecular complexity index is 640. The number of rotatable bonds is 6. The summed E-state index contributed by atoms with van der Waals surface area (Å²) >= 11 is 0. The summed E-state index contributed by atoms with van der Waals surface area (Å²) in [5.41, 5.74) is 1.90. The van der Waals surface area contributed by atoms with Gasteiger partial charge < -0.3 is 14.7 Å². The monoisotopic (exact) mass is 343 g/mol. The van der Waals surface area contributed by atoms with Crippen molar-refractivity contribution >= 4 is 5.91 Å². The van der Waals surface area contributed by atoms with Crippen LogP contribution in [0.5, 0.6) is 0 Å². The first kappa shape index (κ1) is 17.6. The molecule has 0 radical (unpaired) electrons. The van der Waals surface area contributed by atoms with Gasteiger partial charge in [0.25, 0.3) is 0 Å². The topological polar surface area (TPSA) is 49.8 Å². The minimum Gasteiger partial charge on any atom is -0.394 e. The number of halogens is 1. The van der Waals surface area contributed by atoms with E-state index in [2.05, 4.69) is 0 Å². The number of likely N-dealkylation sites (tertiary alicyclic amines) is 1. The molecule has 4 nitrogen and oxygen atoms in total. The van der Waals surface area contributed by atoms with Crippen LogP contribution in [0.25, 0.3) is 0 Å². The third-order valence-electron chi connectivity index (χ3n) is 4.47. The van der Waals surface area contributed by atoms with E-state index in [1.165, 1.54) is 4.90 Å². The molecule has 0 spiro atoms. The average molecular weight is 343 g/mol. The van der Waals surface area contributed by atoms with Crippen LogP contribution in [0.3, 0.4) is 0 Å². The molecule has 1 N–H and O–H groups in total. The number of alkyl halides is 1. The van der Waals surface area contributed by atoms with Crippen LogP contribution in [0.1, 0.15) is 23.7 Å². The van der Waals surface area contributed by atoms with E-state index in [9.17, 15) is 14.3 Å². The van der Waals surface area contributed by atoms with Crippen LogP contribution in [0, 0.1) is 0 Å². The maximum atomic E-state index is 13.6. The van der Waals surface area contributed by atoms with Crippen molar-refractivity contribution < 1.29 is 19.0 Å². The Kier molecular flexibility index (Phi) is 5.79. The number of nitrogens with zero attached hydrogens (tertiary/aromatic N) is 1. The maximum absolute atomic E-state index is 13.6. The molecule has 3 rings (SSSR count). The van der Waals surface area contributed by atoms with Gasteiger partial charge in [-0.1, -0.05) is 60.7 Å². The van der Waals surface area contributed by atoms with Gasteiger partial charge in [0, 0.05) is 6.42 Å². The summed E-state index contributed by atoms with van der Waals surface area (Å²) in [4.78, 5) is 13.8. The van der Waals surface area contributed by atoms with Crippen LogP contribution in [-0.4, -0.2) is 47.9 Å². The second-order valence-corrected chi connectivity index (χ2v) is 6.23. The Balaban J connectivity index is 1.72. The van der Waals surface area contributed by atoms with Gasteiger partial charge in [0.15, 0.2) is 0 Å². The summed E-state index contributed by atoms with van der Waals surface area (Å²) in [6, 6.07) is 18.9. The summed E-state index contributed by atoms with van der Waals surface area (Å²) in [5, 5.41) is 9.34. The molecule has 0 saturated carbocycles. The van der Waals surface area contributed by atoms with E-state index in [1.807, 2.05) is 60.7 Å². The minimum atomic E-state index is -1.08. The molecule has 0 unspecified atom stereocenters. The first-order chi connectivity index (χ1) is 12.2. The fraction of sp³-hybridized carbons (Fsp3) is 0.350. The largest absolute Gasteiger partial charge is 0.394 e. The van der Waals surface area contributed by atoms with Gasteiger partial charge >= 0.3 is 0 Å². The molecule has 1 fully saturated rings. The Labute approximate surface area is 146 Å². The van der Waals surface area contributed by atoms with E-state index in [0.29, 0.717) is 0 Å². The molecule has 5 heteroatoms. The lowest BCUT2D eigenvalue weighted by molar-refractivity contribution is -0.139. The van der Waals surface area contributed by atoms with Crippen molar-refractivity contribution in [2.24, 2.45) is 0 Å². The number of amides is 1. The Morgan fingerprint density at radius 1 is 1.12 bits per heavy atom. The normalized spacial score (nSPS) is 20.2. The minimum absolute atomic E-state index is 0.0226. The predicted octanol–water partition coefficient (Wildman–Crippen LogP) is 2.72. The fourth-order valence-electron chi connectivity index (χ4n) is 3.22. The second kappa shape index (κ2) is 8.23. The fourth-order valence-corrected chi connectivity index (χ4v) is 3.22. The molecular weight excluding hydrogens is 321 g/mol. The van der Waals surface area contributed by atoms with Gasteiger partial charge in [-0.25, -0.2) is 4.39 Å². The van der Waals surface area contributed by atoms with Crippen molar-refractivity contribution in [3.05, 3.63) is 71.8 Å². The van der Waals surface area contributed by atoms with Crippen molar-refractivity contribution in [1.29, 1.82) is 0 Å². The Morgan fingerprint density at radius 3 is 2.20 bits per heavy atom. The molecular formula is C20H22FNO3. The lowest BCUT2D eigenvalue weighted by Crippen LogP contribution is -2.40. The molecule has 1 aliphatic rings. The van der Waals surface area contributed by atoms with Gasteiger partial charge in [-0.05, 0) is 11.1 Å². The number of carbonyl (C=O) groups excluding carboxylic acids is 1. The number of ether oxygens (including phenoxy) is 1. The molecule has 2 atom stereocenters. The van der Waals surface area contributed by atoms with Crippen LogP contribution < -0.4 is 0 Å². The van der Waals surface area contributed by atoms with E-state index in [0.717, 1.165) is 11.1 Å². The molecule has 2 aromatic carbocycles. The number of hydrogen-bond donors (Lipinski definition) is 1. The van der Waals surface area contributed by atoms with Gasteiger partial charge in [0.05, 0.1) is 19.2 Å². The zero-order chi connectivity index (χ0) is 17.6. The highest BCUT2D eigenvalue weighted by Crippen LogP contribution is 2.26. The Morgan fingerprint density at radius 2 is 1.68 bits per heavy atom. The molecule has 2 aromatic rings. The summed E-state index contributed by atoms with van der Waals surface area (Å²) < 4.78 is 19.5. The van der Waals surface area contributed by atoms with E-state index in [4.69, 9.17) is 4.74 Å². The number of aliphatic hydroxyl groups is 1. The molecule has 132 valence electrons. The molecule has 0 aliphatic carbocycles. The van der Waals surface area contributed by atoms with Gasteiger partial charge in [-0.3, -0.25) is 4.79 Å². The molecule has 1 amide bonds. The van der Waals surface area contributed by atoms with Crippen LogP contribution in [0.15, 0.2) is 60.7 Å². The lowest BCUT2D eigenvalue weighted by Gasteiger charge is -2.24. The SMILES string of the molecule is O=C(COC(c1ccccc1)c1ccccc1)N1C[C@@H](F)C[C@H]1CO. The quantitative estimate of drug-likeness (QED) is 0.877. The van der Waals surface area contributed by atoms with Crippen molar-refractivity contribution in [2.45, 2.75) is 24.7 Å². The smallest absolute Gasteiger partial charge is 0.249 e. The number of aliphatic hydroxyl groups excluding tert-OH is 1. The number of benzene rings is 2. The Hall–Kier alpha value is -2.24. The summed E-state index contributed by atoms with van der Waals surface area (Å²) in [7, 11) is 0. The summed E-state index contributed by atoms with van der Waals surface area (Å²) in [6.45, 7) is -0.362. The van der Waals surface area contributed by atoms with Gasteiger partial charge in [0.1, 0.15) is 18.9 Å². The van der Waals surface area contributed by atoms with Gasteiger partial charge in [-0.2, -0.15) is 0 Å². The van der Waals surface area contributed by atoms with Crippen LogP contribution >= 0.6 is 0 Å². The predicted molar refractivity (Wildman–Crippen MR) is 92.8 cm³/mol. The highest BCUT2D eigenvalue weighted by Gasteiger charge is 2.35. The van der Waals surface area contributed by atoms with E-state index in [1.54, 1.807) is 0 Å². The van der Waals surface area contributed by atoms with E-state index in [-0.39, 0.29) is 38.2 Å². The van der Waals surface area contributed by atoms with Crippen molar-refractivity contribution in [3.8, 4) is 0 Å². The van der Waals surface area contributed by atoms with Crippen LogP contribution in [0.4, 0.5) is 4.39 Å². The van der Waals surface area contributed by atoms with E-state index < -0.39 is 12.2 Å². The lowest BCUT2D eigenvalue weighted by atomic mass is 10.0. The van der Waals surface area contributed by atoms with Gasteiger partial charge in [0.2, 0.25) is 5.91 Å². The van der Waals surface area contributed by atoms with Crippen LogP contribution in [-0.2, 0) is 9.53 Å². The summed E-state index contributed by atoms with van der Waals surface area (Å²) in [6.07, 6.45) is -1.27. The average Bonchev–Trinajstić information content (AvgIpc) is 3.04.